The Hall–Kier alpha value is -0.900. The molecular weight excluding hydrogens is 234 g/mol. The Labute approximate surface area is 116 Å². The minimum atomic E-state index is 0.679. The summed E-state index contributed by atoms with van der Waals surface area (Å²) >= 11 is 0. The molecule has 0 spiro atoms. The maximum absolute atomic E-state index is 3.68. The zero-order valence-electron chi connectivity index (χ0n) is 11.7. The van der Waals surface area contributed by atoms with E-state index in [1.807, 2.05) is 0 Å². The summed E-state index contributed by atoms with van der Waals surface area (Å²) in [6.07, 6.45) is 3.83. The maximum Gasteiger partial charge on any atom is 0.0210 e. The number of nitrogens with zero attached hydrogens (tertiary/aromatic N) is 1. The van der Waals surface area contributed by atoms with Gasteiger partial charge in [0.2, 0.25) is 0 Å². The molecule has 2 aliphatic rings. The second-order valence-electron chi connectivity index (χ2n) is 5.78. The molecule has 0 bridgehead atoms. The summed E-state index contributed by atoms with van der Waals surface area (Å²) in [6, 6.07) is 9.53. The van der Waals surface area contributed by atoms with E-state index in [1.54, 1.807) is 5.56 Å². The van der Waals surface area contributed by atoms with Gasteiger partial charge in [0.1, 0.15) is 0 Å². The lowest BCUT2D eigenvalue weighted by atomic mass is 9.93. The van der Waals surface area contributed by atoms with Crippen molar-refractivity contribution in [1.82, 2.24) is 15.5 Å². The number of hydrogen-bond donors (Lipinski definition) is 2. The fraction of sp³-hybridized carbons (Fsp3) is 0.625. The van der Waals surface area contributed by atoms with Crippen molar-refractivity contribution in [2.45, 2.75) is 31.8 Å². The van der Waals surface area contributed by atoms with Gasteiger partial charge in [0, 0.05) is 38.8 Å². The number of fused-ring (bicyclic) bond motifs is 1. The molecule has 3 rings (SSSR count). The Kier molecular flexibility index (Phi) is 4.49. The van der Waals surface area contributed by atoms with Crippen LogP contribution < -0.4 is 10.6 Å². The molecule has 1 saturated heterocycles. The summed E-state index contributed by atoms with van der Waals surface area (Å²) in [6.45, 7) is 7.09. The molecule has 0 radical (unpaired) electrons. The van der Waals surface area contributed by atoms with E-state index in [-0.39, 0.29) is 0 Å². The summed E-state index contributed by atoms with van der Waals surface area (Å²) < 4.78 is 0. The molecule has 1 aromatic carbocycles. The first kappa shape index (κ1) is 13.1. The Balaban J connectivity index is 1.42. The van der Waals surface area contributed by atoms with E-state index in [0.717, 1.165) is 19.6 Å². The van der Waals surface area contributed by atoms with Crippen LogP contribution in [0.3, 0.4) is 0 Å². The van der Waals surface area contributed by atoms with Crippen LogP contribution in [0.4, 0.5) is 0 Å². The highest BCUT2D eigenvalue weighted by atomic mass is 15.2. The van der Waals surface area contributed by atoms with E-state index in [0.29, 0.717) is 6.04 Å². The number of rotatable bonds is 4. The molecule has 0 saturated carbocycles. The lowest BCUT2D eigenvalue weighted by Gasteiger charge is -2.29. The highest BCUT2D eigenvalue weighted by Gasteiger charge is 2.17. The first-order valence-electron chi connectivity index (χ1n) is 7.65. The first-order valence-corrected chi connectivity index (χ1v) is 7.65. The van der Waals surface area contributed by atoms with Crippen molar-refractivity contribution in [1.29, 1.82) is 0 Å². The van der Waals surface area contributed by atoms with E-state index in [9.17, 15) is 0 Å². The highest BCUT2D eigenvalue weighted by Crippen LogP contribution is 2.18. The third-order valence-corrected chi connectivity index (χ3v) is 4.40. The van der Waals surface area contributed by atoms with Gasteiger partial charge in [0.25, 0.3) is 0 Å². The average Bonchev–Trinajstić information content (AvgIpc) is 2.48. The molecule has 1 unspecified atom stereocenters. The van der Waals surface area contributed by atoms with Crippen molar-refractivity contribution in [2.24, 2.45) is 0 Å². The van der Waals surface area contributed by atoms with Crippen LogP contribution in [0.15, 0.2) is 24.3 Å². The normalized spacial score (nSPS) is 24.1. The zero-order valence-corrected chi connectivity index (χ0v) is 11.7. The zero-order chi connectivity index (χ0) is 12.9. The fourth-order valence-electron chi connectivity index (χ4n) is 3.22. The van der Waals surface area contributed by atoms with Gasteiger partial charge in [0.05, 0.1) is 0 Å². The van der Waals surface area contributed by atoms with E-state index in [2.05, 4.69) is 39.8 Å². The molecule has 0 aliphatic carbocycles. The van der Waals surface area contributed by atoms with Crippen molar-refractivity contribution >= 4 is 0 Å². The Morgan fingerprint density at radius 3 is 2.74 bits per heavy atom. The van der Waals surface area contributed by atoms with Crippen LogP contribution >= 0.6 is 0 Å². The van der Waals surface area contributed by atoms with Crippen LogP contribution in [0.2, 0.25) is 0 Å². The smallest absolute Gasteiger partial charge is 0.0210 e. The van der Waals surface area contributed by atoms with Gasteiger partial charge >= 0.3 is 0 Å². The van der Waals surface area contributed by atoms with Crippen LogP contribution in [0, 0.1) is 0 Å². The van der Waals surface area contributed by atoms with Crippen molar-refractivity contribution in [3.63, 3.8) is 0 Å². The van der Waals surface area contributed by atoms with Crippen molar-refractivity contribution in [2.75, 3.05) is 32.7 Å². The van der Waals surface area contributed by atoms with Crippen LogP contribution in [-0.4, -0.2) is 43.7 Å². The molecule has 2 aliphatic heterocycles. The predicted molar refractivity (Wildman–Crippen MR) is 79.3 cm³/mol. The Morgan fingerprint density at radius 1 is 1.11 bits per heavy atom. The predicted octanol–water partition coefficient (Wildman–Crippen LogP) is 1.39. The third kappa shape index (κ3) is 3.56. The monoisotopic (exact) mass is 259 g/mol. The van der Waals surface area contributed by atoms with Crippen LogP contribution in [-0.2, 0) is 13.0 Å². The minimum absolute atomic E-state index is 0.679. The maximum atomic E-state index is 3.68. The highest BCUT2D eigenvalue weighted by molar-refractivity contribution is 5.29. The number of benzene rings is 1. The molecule has 0 amide bonds. The number of piperazine rings is 1. The molecule has 0 aromatic heterocycles. The molecular formula is C16H25N3. The summed E-state index contributed by atoms with van der Waals surface area (Å²) in [5, 5.41) is 7.09. The summed E-state index contributed by atoms with van der Waals surface area (Å²) in [5.74, 6) is 0. The molecule has 2 heterocycles. The topological polar surface area (TPSA) is 27.3 Å². The van der Waals surface area contributed by atoms with Gasteiger partial charge in [0.15, 0.2) is 0 Å². The fourth-order valence-corrected chi connectivity index (χ4v) is 3.22. The van der Waals surface area contributed by atoms with E-state index in [4.69, 9.17) is 0 Å². The summed E-state index contributed by atoms with van der Waals surface area (Å²) in [5.41, 5.74) is 3.04. The molecule has 3 nitrogen and oxygen atoms in total. The summed E-state index contributed by atoms with van der Waals surface area (Å²) in [4.78, 5) is 2.59. The van der Waals surface area contributed by atoms with Crippen molar-refractivity contribution < 1.29 is 0 Å². The van der Waals surface area contributed by atoms with Gasteiger partial charge in [-0.3, -0.25) is 0 Å². The molecule has 1 fully saturated rings. The van der Waals surface area contributed by atoms with Gasteiger partial charge < -0.3 is 15.5 Å². The lowest BCUT2D eigenvalue weighted by molar-refractivity contribution is 0.232. The second kappa shape index (κ2) is 6.51. The Bertz CT molecular complexity index is 399. The third-order valence-electron chi connectivity index (χ3n) is 4.40. The van der Waals surface area contributed by atoms with E-state index >= 15 is 0 Å². The molecule has 3 heteroatoms. The molecule has 2 N–H and O–H groups in total. The Morgan fingerprint density at radius 2 is 1.89 bits per heavy atom. The van der Waals surface area contributed by atoms with Crippen LogP contribution in [0.25, 0.3) is 0 Å². The van der Waals surface area contributed by atoms with E-state index in [1.165, 1.54) is 44.5 Å². The number of hydrogen-bond acceptors (Lipinski definition) is 3. The summed E-state index contributed by atoms with van der Waals surface area (Å²) in [7, 11) is 0. The molecule has 1 atom stereocenters. The lowest BCUT2D eigenvalue weighted by Crippen LogP contribution is -2.44. The SMILES string of the molecule is c1ccc2c(c1)CNC(CCCN1CCNCC1)C2. The first-order chi connectivity index (χ1) is 9.42. The standard InChI is InChI=1S/C16H25N3/c1-2-5-15-13-18-16(12-14(15)4-1)6-3-9-19-10-7-17-8-11-19/h1-2,4-5,16-18H,3,6-13H2. The van der Waals surface area contributed by atoms with Crippen molar-refractivity contribution in [3.8, 4) is 0 Å². The van der Waals surface area contributed by atoms with Crippen LogP contribution in [0.1, 0.15) is 24.0 Å². The van der Waals surface area contributed by atoms with Gasteiger partial charge in [-0.05, 0) is 36.9 Å². The van der Waals surface area contributed by atoms with Gasteiger partial charge in [-0.1, -0.05) is 24.3 Å². The largest absolute Gasteiger partial charge is 0.314 e. The van der Waals surface area contributed by atoms with E-state index < -0.39 is 0 Å². The minimum Gasteiger partial charge on any atom is -0.314 e. The average molecular weight is 259 g/mol. The molecule has 19 heavy (non-hydrogen) atoms. The van der Waals surface area contributed by atoms with Gasteiger partial charge in [-0.2, -0.15) is 0 Å². The second-order valence-corrected chi connectivity index (χ2v) is 5.78. The molecule has 104 valence electrons. The number of nitrogens with one attached hydrogen (secondary N) is 2. The van der Waals surface area contributed by atoms with Gasteiger partial charge in [-0.15, -0.1) is 0 Å². The van der Waals surface area contributed by atoms with Crippen molar-refractivity contribution in [3.05, 3.63) is 35.4 Å². The molecule has 1 aromatic rings. The van der Waals surface area contributed by atoms with Gasteiger partial charge in [-0.25, -0.2) is 0 Å². The van der Waals surface area contributed by atoms with Crippen LogP contribution in [0.5, 0.6) is 0 Å². The quantitative estimate of drug-likeness (QED) is 0.855.